The van der Waals surface area contributed by atoms with Gasteiger partial charge in [0.1, 0.15) is 36.3 Å². The summed E-state index contributed by atoms with van der Waals surface area (Å²) in [5.41, 5.74) is 12.3. The van der Waals surface area contributed by atoms with Crippen LogP contribution in [0.1, 0.15) is 97.5 Å². The van der Waals surface area contributed by atoms with Gasteiger partial charge in [-0.1, -0.05) is 64.4 Å². The van der Waals surface area contributed by atoms with Crippen LogP contribution >= 0.6 is 0 Å². The normalized spacial score (nSPS) is 18.5. The lowest BCUT2D eigenvalue weighted by Crippen LogP contribution is -2.60. The molecule has 3 rings (SSSR count). The van der Waals surface area contributed by atoms with Crippen molar-refractivity contribution in [1.29, 1.82) is 0 Å². The maximum absolute atomic E-state index is 14.5. The molecule has 2 heterocycles. The van der Waals surface area contributed by atoms with E-state index in [9.17, 15) is 68.4 Å². The number of unbranched alkanes of at least 4 members (excludes halogenated alkanes) is 2. The van der Waals surface area contributed by atoms with Crippen molar-refractivity contribution in [3.63, 3.8) is 0 Å². The molecule has 0 saturated carbocycles. The molecule has 2 aliphatic rings. The monoisotopic (exact) mass is 1130 g/mol. The Morgan fingerprint density at radius 1 is 0.562 bits per heavy atom. The van der Waals surface area contributed by atoms with Crippen molar-refractivity contribution in [2.24, 2.45) is 23.3 Å². The van der Waals surface area contributed by atoms with Gasteiger partial charge >= 0.3 is 23.9 Å². The van der Waals surface area contributed by atoms with Crippen molar-refractivity contribution >= 4 is 59.3 Å². The van der Waals surface area contributed by atoms with Crippen molar-refractivity contribution in [3.05, 3.63) is 35.9 Å². The Bertz CT molecular complexity index is 2140. The van der Waals surface area contributed by atoms with E-state index < -0.39 is 101 Å². The van der Waals surface area contributed by atoms with Crippen LogP contribution in [0.4, 0.5) is 0 Å². The maximum Gasteiger partial charge on any atom is 0.326 e. The van der Waals surface area contributed by atoms with E-state index in [4.69, 9.17) is 11.5 Å². The molecule has 0 aromatic heterocycles. The van der Waals surface area contributed by atoms with E-state index in [2.05, 4.69) is 26.6 Å². The van der Waals surface area contributed by atoms with Gasteiger partial charge in [0.2, 0.25) is 35.4 Å². The molecule has 2 saturated heterocycles. The highest BCUT2D eigenvalue weighted by molar-refractivity contribution is 5.97. The third-order valence-electron chi connectivity index (χ3n) is 14.4. The number of likely N-dealkylation sites (tertiary alicyclic amines) is 1. The number of benzene rings is 1. The van der Waals surface area contributed by atoms with E-state index in [1.165, 1.54) is 4.90 Å². The molecule has 0 bridgehead atoms. The van der Waals surface area contributed by atoms with Crippen LogP contribution in [-0.4, -0.2) is 239 Å². The maximum atomic E-state index is 14.5. The smallest absolute Gasteiger partial charge is 0.326 e. The third-order valence-corrected chi connectivity index (χ3v) is 14.4. The van der Waals surface area contributed by atoms with Crippen LogP contribution in [0.3, 0.4) is 0 Å². The Morgan fingerprint density at radius 3 is 1.50 bits per heavy atom. The number of nitrogens with one attached hydrogen (secondary N) is 5. The van der Waals surface area contributed by atoms with E-state index >= 15 is 0 Å². The Balaban J connectivity index is 1.83. The minimum atomic E-state index is -1.26. The zero-order valence-electron chi connectivity index (χ0n) is 47.2. The second-order valence-electron chi connectivity index (χ2n) is 21.4. The first-order valence-electron chi connectivity index (χ1n) is 28.1. The highest BCUT2D eigenvalue weighted by Gasteiger charge is 2.40. The summed E-state index contributed by atoms with van der Waals surface area (Å²) >= 11 is 0. The van der Waals surface area contributed by atoms with Crippen LogP contribution < -0.4 is 38.1 Å². The first-order chi connectivity index (χ1) is 38.0. The van der Waals surface area contributed by atoms with Crippen LogP contribution in [0.5, 0.6) is 0 Å². The lowest BCUT2D eigenvalue weighted by molar-refractivity contribution is -0.145. The molecule has 26 heteroatoms. The van der Waals surface area contributed by atoms with E-state index in [1.807, 2.05) is 20.8 Å². The Hall–Kier alpha value is -6.32. The standard InChI is InChI=1S/C54H90N12O14/c1-5-37(4)48(61-50(75)41(30-36(2)3)57-44(67)32-62-22-24-63(33-45(68)69)26-28-65(35-47(72)73)29-27-64(25-23-62)34-46(70)71)52(77)58-39(16-9-11-19-55)49(74)59-40(17-10-12-20-56)53(78)66-21-13-18-43(66)51(76)60-42(54(79)80)31-38-14-7-6-8-15-38/h6-8,14-15,36-37,39-43,48H,5,9-13,16-35,55-56H2,1-4H3,(H,57,67)(H,58,77)(H,59,74)(H,60,76)(H,61,75)(H,68,69)(H,70,71)(H,72,73)(H,79,80)/t37-,39-,40-,41-,42-,43-,48-/m0/s1. The second-order valence-corrected chi connectivity index (χ2v) is 21.4. The number of amides is 6. The number of hydrogen-bond donors (Lipinski definition) is 11. The number of hydrogen-bond acceptors (Lipinski definition) is 16. The van der Waals surface area contributed by atoms with Gasteiger partial charge in [-0.15, -0.1) is 0 Å². The number of carbonyl (C=O) groups excluding carboxylic acids is 6. The molecule has 2 fully saturated rings. The molecular weight excluding hydrogens is 1040 g/mol. The summed E-state index contributed by atoms with van der Waals surface area (Å²) in [6.45, 7) is 8.22. The van der Waals surface area contributed by atoms with Gasteiger partial charge in [0.15, 0.2) is 0 Å². The zero-order valence-corrected chi connectivity index (χ0v) is 47.2. The van der Waals surface area contributed by atoms with Gasteiger partial charge in [0, 0.05) is 65.3 Å². The fraction of sp³-hybridized carbons (Fsp3) is 0.704. The molecule has 6 amide bonds. The predicted molar refractivity (Wildman–Crippen MR) is 296 cm³/mol. The van der Waals surface area contributed by atoms with Gasteiger partial charge < -0.3 is 63.4 Å². The third kappa shape index (κ3) is 25.0. The minimum Gasteiger partial charge on any atom is -0.480 e. The van der Waals surface area contributed by atoms with E-state index in [0.29, 0.717) is 57.2 Å². The Labute approximate surface area is 469 Å². The molecular formula is C54H90N12O14. The van der Waals surface area contributed by atoms with Crippen molar-refractivity contribution in [2.75, 3.05) is 98.2 Å². The summed E-state index contributed by atoms with van der Waals surface area (Å²) < 4.78 is 0. The van der Waals surface area contributed by atoms with Gasteiger partial charge in [-0.2, -0.15) is 0 Å². The largest absolute Gasteiger partial charge is 0.480 e. The number of carboxylic acids is 4. The molecule has 0 spiro atoms. The van der Waals surface area contributed by atoms with Crippen LogP contribution in [0.15, 0.2) is 30.3 Å². The van der Waals surface area contributed by atoms with Crippen molar-refractivity contribution in [1.82, 2.24) is 51.1 Å². The summed E-state index contributed by atoms with van der Waals surface area (Å²) in [5, 5.41) is 52.8. The average molecular weight is 1130 g/mol. The van der Waals surface area contributed by atoms with Gasteiger partial charge in [-0.25, -0.2) is 4.79 Å². The van der Waals surface area contributed by atoms with Gasteiger partial charge in [-0.3, -0.25) is 62.8 Å². The molecule has 26 nitrogen and oxygen atoms in total. The van der Waals surface area contributed by atoms with Crippen molar-refractivity contribution in [3.8, 4) is 0 Å². The molecule has 2 aliphatic heterocycles. The fourth-order valence-corrected chi connectivity index (χ4v) is 9.75. The molecule has 1 aromatic carbocycles. The highest BCUT2D eigenvalue weighted by Crippen LogP contribution is 2.21. The van der Waals surface area contributed by atoms with E-state index in [0.717, 1.165) is 0 Å². The van der Waals surface area contributed by atoms with Gasteiger partial charge in [-0.05, 0) is 88.3 Å². The number of aliphatic carboxylic acids is 4. The predicted octanol–water partition coefficient (Wildman–Crippen LogP) is -1.45. The minimum absolute atomic E-state index is 0.0210. The van der Waals surface area contributed by atoms with Crippen LogP contribution in [-0.2, 0) is 54.4 Å². The lowest BCUT2D eigenvalue weighted by atomic mass is 9.96. The summed E-state index contributed by atoms with van der Waals surface area (Å²) in [5.74, 6) is -8.93. The fourth-order valence-electron chi connectivity index (χ4n) is 9.75. The molecule has 1 aromatic rings. The SMILES string of the molecule is CC[C@H](C)[C@H](NC(=O)[C@H](CC(C)C)NC(=O)CN1CCN(CC(=O)O)CCN(CC(=O)O)CCN(CC(=O)O)CC1)C(=O)N[C@@H](CCCCN)C(=O)N[C@@H](CCCCN)C(=O)N1CCC[C@H]1C(=O)N[C@@H](Cc1ccccc1)C(=O)O. The molecule has 0 unspecified atom stereocenters. The molecule has 7 atom stereocenters. The van der Waals surface area contributed by atoms with Gasteiger partial charge in [0.05, 0.1) is 26.2 Å². The Kier molecular flexibility index (Phi) is 30.7. The number of nitrogens with two attached hydrogens (primary N) is 2. The van der Waals surface area contributed by atoms with E-state index in [1.54, 1.807) is 56.9 Å². The molecule has 80 heavy (non-hydrogen) atoms. The first kappa shape index (κ1) is 68.0. The van der Waals surface area contributed by atoms with Crippen molar-refractivity contribution in [2.45, 2.75) is 135 Å². The second kappa shape index (κ2) is 36.1. The average Bonchev–Trinajstić information content (AvgIpc) is 3.90. The quantitative estimate of drug-likeness (QED) is 0.0359. The highest BCUT2D eigenvalue weighted by atomic mass is 16.4. The zero-order chi connectivity index (χ0) is 59.3. The lowest BCUT2D eigenvalue weighted by Gasteiger charge is -2.33. The van der Waals surface area contributed by atoms with Crippen LogP contribution in [0.2, 0.25) is 0 Å². The van der Waals surface area contributed by atoms with Crippen LogP contribution in [0.25, 0.3) is 0 Å². The summed E-state index contributed by atoms with van der Waals surface area (Å²) in [6.07, 6.45) is 3.43. The summed E-state index contributed by atoms with van der Waals surface area (Å²) in [7, 11) is 0. The first-order valence-corrected chi connectivity index (χ1v) is 28.1. The molecule has 13 N–H and O–H groups in total. The summed E-state index contributed by atoms with van der Waals surface area (Å²) in [4.78, 5) is 141. The topological polar surface area (TPSA) is 380 Å². The molecule has 0 aliphatic carbocycles. The van der Waals surface area contributed by atoms with E-state index in [-0.39, 0.29) is 123 Å². The number of carbonyl (C=O) groups is 10. The number of carboxylic acid groups (broad SMARTS) is 4. The Morgan fingerprint density at radius 2 is 1.04 bits per heavy atom. The number of rotatable bonds is 33. The molecule has 450 valence electrons. The van der Waals surface area contributed by atoms with Crippen molar-refractivity contribution < 1.29 is 68.4 Å². The summed E-state index contributed by atoms with van der Waals surface area (Å²) in [6, 6.07) is 1.85. The molecule has 0 radical (unpaired) electrons. The van der Waals surface area contributed by atoms with Gasteiger partial charge in [0.25, 0.3) is 0 Å². The number of nitrogens with zero attached hydrogens (tertiary/aromatic N) is 5. The van der Waals surface area contributed by atoms with Crippen LogP contribution in [0, 0.1) is 11.8 Å².